The van der Waals surface area contributed by atoms with Gasteiger partial charge >= 0.3 is 0 Å². The molecule has 1 aliphatic heterocycles. The van der Waals surface area contributed by atoms with Crippen molar-refractivity contribution in [3.8, 4) is 11.5 Å². The zero-order chi connectivity index (χ0) is 20.5. The van der Waals surface area contributed by atoms with Crippen LogP contribution in [-0.2, 0) is 0 Å². The van der Waals surface area contributed by atoms with Gasteiger partial charge in [-0.25, -0.2) is 0 Å². The number of hydrogen-bond donors (Lipinski definition) is 2. The molecule has 156 valence electrons. The van der Waals surface area contributed by atoms with Crippen LogP contribution in [0, 0.1) is 0 Å². The quantitative estimate of drug-likeness (QED) is 0.556. The van der Waals surface area contributed by atoms with Crippen LogP contribution in [-0.4, -0.2) is 51.9 Å². The third-order valence-corrected chi connectivity index (χ3v) is 5.13. The molecular formula is C23H32N4O2. The first-order chi connectivity index (χ1) is 14.2. The third-order valence-electron chi connectivity index (χ3n) is 5.13. The molecule has 6 heteroatoms. The van der Waals surface area contributed by atoms with Crippen molar-refractivity contribution in [3.63, 3.8) is 0 Å². The summed E-state index contributed by atoms with van der Waals surface area (Å²) in [5, 5.41) is 6.93. The van der Waals surface area contributed by atoms with E-state index >= 15 is 0 Å². The van der Waals surface area contributed by atoms with Gasteiger partial charge in [0.2, 0.25) is 0 Å². The zero-order valence-corrected chi connectivity index (χ0v) is 17.6. The van der Waals surface area contributed by atoms with Crippen molar-refractivity contribution in [1.82, 2.24) is 10.6 Å². The van der Waals surface area contributed by atoms with Gasteiger partial charge in [0, 0.05) is 31.9 Å². The highest BCUT2D eigenvalue weighted by molar-refractivity contribution is 5.80. The summed E-state index contributed by atoms with van der Waals surface area (Å²) in [6.45, 7) is 4.78. The summed E-state index contributed by atoms with van der Waals surface area (Å²) in [6.07, 6.45) is 2.15. The van der Waals surface area contributed by atoms with Crippen LogP contribution in [0.2, 0.25) is 0 Å². The van der Waals surface area contributed by atoms with Crippen molar-refractivity contribution in [2.45, 2.75) is 31.9 Å². The molecule has 1 fully saturated rings. The molecule has 2 aromatic carbocycles. The molecule has 0 aromatic heterocycles. The van der Waals surface area contributed by atoms with E-state index in [1.54, 1.807) is 14.2 Å². The van der Waals surface area contributed by atoms with Crippen LogP contribution >= 0.6 is 0 Å². The number of methoxy groups -OCH3 is 1. The highest BCUT2D eigenvalue weighted by atomic mass is 16.5. The number of aliphatic imine (C=N–C) groups is 1. The number of nitrogens with zero attached hydrogens (tertiary/aromatic N) is 2. The van der Waals surface area contributed by atoms with E-state index in [1.165, 1.54) is 5.69 Å². The average Bonchev–Trinajstić information content (AvgIpc) is 2.78. The average molecular weight is 397 g/mol. The number of ether oxygens (including phenoxy) is 2. The van der Waals surface area contributed by atoms with Gasteiger partial charge < -0.3 is 25.0 Å². The van der Waals surface area contributed by atoms with Crippen molar-refractivity contribution in [3.05, 3.63) is 54.6 Å². The van der Waals surface area contributed by atoms with Crippen LogP contribution in [0.4, 0.5) is 5.69 Å². The molecule has 29 heavy (non-hydrogen) atoms. The first-order valence-corrected chi connectivity index (χ1v) is 10.3. The van der Waals surface area contributed by atoms with Gasteiger partial charge in [-0.15, -0.1) is 0 Å². The Hall–Kier alpha value is -2.89. The van der Waals surface area contributed by atoms with Crippen molar-refractivity contribution in [1.29, 1.82) is 0 Å². The van der Waals surface area contributed by atoms with E-state index in [4.69, 9.17) is 9.47 Å². The third kappa shape index (κ3) is 6.04. The van der Waals surface area contributed by atoms with Crippen LogP contribution in [0.25, 0.3) is 0 Å². The van der Waals surface area contributed by atoms with Crippen LogP contribution in [0.1, 0.15) is 19.8 Å². The molecule has 0 amide bonds. The largest absolute Gasteiger partial charge is 0.493 e. The lowest BCUT2D eigenvalue weighted by atomic mass is 10.0. The summed E-state index contributed by atoms with van der Waals surface area (Å²) < 4.78 is 11.4. The summed E-state index contributed by atoms with van der Waals surface area (Å²) in [5.41, 5.74) is 1.30. The second kappa shape index (κ2) is 10.6. The Morgan fingerprint density at radius 2 is 1.72 bits per heavy atom. The predicted octanol–water partition coefficient (Wildman–Crippen LogP) is 3.30. The van der Waals surface area contributed by atoms with Crippen molar-refractivity contribution >= 4 is 11.6 Å². The van der Waals surface area contributed by atoms with E-state index < -0.39 is 0 Å². The highest BCUT2D eigenvalue weighted by Gasteiger charge is 2.20. The minimum Gasteiger partial charge on any atom is -0.493 e. The molecule has 3 rings (SSSR count). The van der Waals surface area contributed by atoms with Gasteiger partial charge in [-0.05, 0) is 44.0 Å². The topological polar surface area (TPSA) is 58.1 Å². The standard InChI is InChI=1S/C23H32N4O2/c1-18(29-22-12-8-7-11-21(22)28-3)17-25-23(24-2)26-19-13-15-27(16-14-19)20-9-5-4-6-10-20/h4-12,18-19H,13-17H2,1-3H3,(H2,24,25,26). The van der Waals surface area contributed by atoms with Gasteiger partial charge in [0.15, 0.2) is 17.5 Å². The molecular weight excluding hydrogens is 364 g/mol. The molecule has 6 nitrogen and oxygen atoms in total. The van der Waals surface area contributed by atoms with Gasteiger partial charge in [0.05, 0.1) is 13.7 Å². The normalized spacial score (nSPS) is 16.2. The SMILES string of the molecule is CN=C(NCC(C)Oc1ccccc1OC)NC1CCN(c2ccccc2)CC1. The van der Waals surface area contributed by atoms with Crippen LogP contribution in [0.3, 0.4) is 0 Å². The van der Waals surface area contributed by atoms with E-state index in [0.29, 0.717) is 12.6 Å². The zero-order valence-electron chi connectivity index (χ0n) is 17.6. The fraction of sp³-hybridized carbons (Fsp3) is 0.435. The molecule has 1 saturated heterocycles. The lowest BCUT2D eigenvalue weighted by Gasteiger charge is -2.34. The Labute approximate surface area is 173 Å². The smallest absolute Gasteiger partial charge is 0.191 e. The van der Waals surface area contributed by atoms with Crippen LogP contribution in [0.5, 0.6) is 11.5 Å². The fourth-order valence-corrected chi connectivity index (χ4v) is 3.52. The van der Waals surface area contributed by atoms with Crippen molar-refractivity contribution in [2.24, 2.45) is 4.99 Å². The minimum atomic E-state index is -0.0234. The maximum Gasteiger partial charge on any atom is 0.191 e. The number of hydrogen-bond acceptors (Lipinski definition) is 4. The van der Waals surface area contributed by atoms with Gasteiger partial charge in [0.25, 0.3) is 0 Å². The monoisotopic (exact) mass is 396 g/mol. The molecule has 0 aliphatic carbocycles. The second-order valence-corrected chi connectivity index (χ2v) is 7.27. The Bertz CT molecular complexity index is 773. The molecule has 2 N–H and O–H groups in total. The molecule has 1 aliphatic rings. The number of anilines is 1. The highest BCUT2D eigenvalue weighted by Crippen LogP contribution is 2.26. The van der Waals surface area contributed by atoms with Crippen LogP contribution in [0.15, 0.2) is 59.6 Å². The van der Waals surface area contributed by atoms with E-state index in [0.717, 1.165) is 43.4 Å². The van der Waals surface area contributed by atoms with Crippen molar-refractivity contribution < 1.29 is 9.47 Å². The number of nitrogens with one attached hydrogen (secondary N) is 2. The molecule has 0 radical (unpaired) electrons. The Morgan fingerprint density at radius 1 is 1.07 bits per heavy atom. The minimum absolute atomic E-state index is 0.0234. The summed E-state index contributed by atoms with van der Waals surface area (Å²) in [5.74, 6) is 2.31. The van der Waals surface area contributed by atoms with Gasteiger partial charge in [-0.2, -0.15) is 0 Å². The molecule has 0 spiro atoms. The Balaban J connectivity index is 1.43. The summed E-state index contributed by atoms with van der Waals surface area (Å²) >= 11 is 0. The number of guanidine groups is 1. The van der Waals surface area contributed by atoms with Gasteiger partial charge in [-0.1, -0.05) is 30.3 Å². The maximum absolute atomic E-state index is 6.01. The molecule has 0 saturated carbocycles. The van der Waals surface area contributed by atoms with E-state index in [2.05, 4.69) is 50.9 Å². The number of benzene rings is 2. The van der Waals surface area contributed by atoms with Gasteiger partial charge in [0.1, 0.15) is 6.10 Å². The van der Waals surface area contributed by atoms with E-state index in [-0.39, 0.29) is 6.10 Å². The van der Waals surface area contributed by atoms with Crippen molar-refractivity contribution in [2.75, 3.05) is 38.7 Å². The van der Waals surface area contributed by atoms with E-state index in [9.17, 15) is 0 Å². The first-order valence-electron chi connectivity index (χ1n) is 10.3. The second-order valence-electron chi connectivity index (χ2n) is 7.27. The summed E-state index contributed by atoms with van der Waals surface area (Å²) in [6, 6.07) is 18.7. The Kier molecular flexibility index (Phi) is 7.61. The lowest BCUT2D eigenvalue weighted by molar-refractivity contribution is 0.213. The summed E-state index contributed by atoms with van der Waals surface area (Å²) in [4.78, 5) is 6.81. The molecule has 2 aromatic rings. The fourth-order valence-electron chi connectivity index (χ4n) is 3.52. The maximum atomic E-state index is 6.01. The summed E-state index contributed by atoms with van der Waals surface area (Å²) in [7, 11) is 3.46. The van der Waals surface area contributed by atoms with Gasteiger partial charge in [-0.3, -0.25) is 4.99 Å². The first kappa shape index (κ1) is 20.8. The van der Waals surface area contributed by atoms with E-state index in [1.807, 2.05) is 31.2 Å². The lowest BCUT2D eigenvalue weighted by Crippen LogP contribution is -2.50. The number of piperidine rings is 1. The predicted molar refractivity (Wildman–Crippen MR) is 119 cm³/mol. The number of para-hydroxylation sites is 3. The van der Waals surface area contributed by atoms with Crippen LogP contribution < -0.4 is 25.0 Å². The molecule has 1 heterocycles. The molecule has 1 atom stereocenters. The Morgan fingerprint density at radius 3 is 2.38 bits per heavy atom. The number of rotatable bonds is 7. The molecule has 0 bridgehead atoms. The molecule has 1 unspecified atom stereocenters.